The predicted molar refractivity (Wildman–Crippen MR) is 84.4 cm³/mol. The number of hydrazine groups is 1. The van der Waals surface area contributed by atoms with Gasteiger partial charge >= 0.3 is 0 Å². The number of amides is 2. The van der Waals surface area contributed by atoms with E-state index in [0.29, 0.717) is 10.6 Å². The number of hydrogen-bond acceptors (Lipinski definition) is 2. The van der Waals surface area contributed by atoms with Crippen molar-refractivity contribution < 1.29 is 9.59 Å². The maximum absolute atomic E-state index is 12.4. The van der Waals surface area contributed by atoms with Gasteiger partial charge in [0.25, 0.3) is 5.91 Å². The van der Waals surface area contributed by atoms with Gasteiger partial charge in [-0.3, -0.25) is 20.4 Å². The summed E-state index contributed by atoms with van der Waals surface area (Å²) in [5.41, 5.74) is 5.73. The Morgan fingerprint density at radius 3 is 2.18 bits per heavy atom. The van der Waals surface area contributed by atoms with Crippen LogP contribution in [0.25, 0.3) is 0 Å². The Bertz CT molecular complexity index is 712. The zero-order valence-corrected chi connectivity index (χ0v) is 12.6. The summed E-state index contributed by atoms with van der Waals surface area (Å²) in [6.07, 6.45) is 1.57. The molecule has 0 aromatic heterocycles. The van der Waals surface area contributed by atoms with Crippen LogP contribution < -0.4 is 10.9 Å². The van der Waals surface area contributed by atoms with Crippen LogP contribution in [0.1, 0.15) is 28.8 Å². The molecule has 1 fully saturated rings. The van der Waals surface area contributed by atoms with Crippen LogP contribution in [-0.2, 0) is 10.2 Å². The smallest absolute Gasteiger partial charge is 0.271 e. The van der Waals surface area contributed by atoms with E-state index in [1.165, 1.54) is 0 Å². The minimum Gasteiger partial charge on any atom is -0.272 e. The van der Waals surface area contributed by atoms with E-state index >= 15 is 0 Å². The first-order valence-corrected chi connectivity index (χ1v) is 7.42. The Labute approximate surface area is 133 Å². The lowest BCUT2D eigenvalue weighted by Gasteiger charge is -2.16. The molecule has 0 bridgehead atoms. The van der Waals surface area contributed by atoms with Crippen molar-refractivity contribution in [3.63, 3.8) is 0 Å². The molecule has 22 heavy (non-hydrogen) atoms. The van der Waals surface area contributed by atoms with Crippen molar-refractivity contribution in [3.8, 4) is 0 Å². The van der Waals surface area contributed by atoms with Gasteiger partial charge in [0.1, 0.15) is 0 Å². The summed E-state index contributed by atoms with van der Waals surface area (Å²) in [6.45, 7) is 0. The fourth-order valence-electron chi connectivity index (χ4n) is 2.47. The van der Waals surface area contributed by atoms with Gasteiger partial charge in [0.2, 0.25) is 5.91 Å². The molecule has 0 saturated heterocycles. The molecule has 2 amide bonds. The predicted octanol–water partition coefficient (Wildman–Crippen LogP) is 2.83. The molecule has 5 heteroatoms. The molecule has 1 aliphatic rings. The Morgan fingerprint density at radius 1 is 0.909 bits per heavy atom. The number of benzene rings is 2. The molecule has 0 unspecified atom stereocenters. The average molecular weight is 315 g/mol. The number of hydrogen-bond donors (Lipinski definition) is 2. The van der Waals surface area contributed by atoms with Crippen LogP contribution in [-0.4, -0.2) is 11.8 Å². The van der Waals surface area contributed by atoms with Crippen molar-refractivity contribution in [2.75, 3.05) is 0 Å². The van der Waals surface area contributed by atoms with Gasteiger partial charge in [0.15, 0.2) is 0 Å². The molecule has 0 aliphatic heterocycles. The minimum absolute atomic E-state index is 0.195. The molecule has 2 N–H and O–H groups in total. The molecule has 3 rings (SSSR count). The third-order valence-corrected chi connectivity index (χ3v) is 4.25. The highest BCUT2D eigenvalue weighted by Gasteiger charge is 2.51. The van der Waals surface area contributed by atoms with E-state index in [1.807, 2.05) is 30.3 Å². The normalized spacial score (nSPS) is 15.0. The first-order chi connectivity index (χ1) is 10.6. The molecular formula is C17H15ClN2O2. The van der Waals surface area contributed by atoms with E-state index in [2.05, 4.69) is 10.9 Å². The van der Waals surface area contributed by atoms with Crippen molar-refractivity contribution in [3.05, 3.63) is 70.7 Å². The zero-order chi connectivity index (χ0) is 15.6. The first kappa shape index (κ1) is 14.6. The Morgan fingerprint density at radius 2 is 1.55 bits per heavy atom. The van der Waals surface area contributed by atoms with Gasteiger partial charge in [-0.15, -0.1) is 0 Å². The van der Waals surface area contributed by atoms with E-state index in [4.69, 9.17) is 11.6 Å². The van der Waals surface area contributed by atoms with Crippen LogP contribution in [0.2, 0.25) is 5.02 Å². The second-order valence-electron chi connectivity index (χ2n) is 5.34. The third kappa shape index (κ3) is 2.70. The van der Waals surface area contributed by atoms with Gasteiger partial charge in [-0.05, 0) is 30.5 Å². The van der Waals surface area contributed by atoms with Crippen LogP contribution in [0.3, 0.4) is 0 Å². The van der Waals surface area contributed by atoms with Crippen LogP contribution >= 0.6 is 11.6 Å². The van der Waals surface area contributed by atoms with E-state index in [0.717, 1.165) is 18.4 Å². The quantitative estimate of drug-likeness (QED) is 0.856. The molecule has 0 radical (unpaired) electrons. The molecule has 4 nitrogen and oxygen atoms in total. The van der Waals surface area contributed by atoms with E-state index in [-0.39, 0.29) is 5.91 Å². The molecule has 0 heterocycles. The number of rotatable bonds is 3. The van der Waals surface area contributed by atoms with Crippen LogP contribution in [0.5, 0.6) is 0 Å². The highest BCUT2D eigenvalue weighted by Crippen LogP contribution is 2.48. The third-order valence-electron chi connectivity index (χ3n) is 3.92. The highest BCUT2D eigenvalue weighted by molar-refractivity contribution is 6.33. The summed E-state index contributed by atoms with van der Waals surface area (Å²) in [5, 5.41) is 0.346. The largest absolute Gasteiger partial charge is 0.272 e. The van der Waals surface area contributed by atoms with Crippen LogP contribution in [0.15, 0.2) is 54.6 Å². The summed E-state index contributed by atoms with van der Waals surface area (Å²) < 4.78 is 0. The first-order valence-electron chi connectivity index (χ1n) is 7.04. The fourth-order valence-corrected chi connectivity index (χ4v) is 2.70. The van der Waals surface area contributed by atoms with Gasteiger partial charge < -0.3 is 0 Å². The number of halogens is 1. The second-order valence-corrected chi connectivity index (χ2v) is 5.74. The molecule has 2 aromatic carbocycles. The van der Waals surface area contributed by atoms with Crippen molar-refractivity contribution >= 4 is 23.4 Å². The van der Waals surface area contributed by atoms with Crippen LogP contribution in [0, 0.1) is 0 Å². The van der Waals surface area contributed by atoms with Crippen molar-refractivity contribution in [1.29, 1.82) is 0 Å². The lowest BCUT2D eigenvalue weighted by Crippen LogP contribution is -2.46. The zero-order valence-electron chi connectivity index (χ0n) is 11.8. The summed E-state index contributed by atoms with van der Waals surface area (Å²) in [5.74, 6) is -0.623. The number of nitrogens with one attached hydrogen (secondary N) is 2. The van der Waals surface area contributed by atoms with Gasteiger partial charge in [0.05, 0.1) is 16.0 Å². The van der Waals surface area contributed by atoms with E-state index in [1.54, 1.807) is 24.3 Å². The topological polar surface area (TPSA) is 58.2 Å². The van der Waals surface area contributed by atoms with Gasteiger partial charge in [-0.2, -0.15) is 0 Å². The lowest BCUT2D eigenvalue weighted by molar-refractivity contribution is -0.124. The molecular weight excluding hydrogens is 300 g/mol. The lowest BCUT2D eigenvalue weighted by atomic mass is 9.95. The monoisotopic (exact) mass is 314 g/mol. The van der Waals surface area contributed by atoms with Gasteiger partial charge in [0, 0.05) is 0 Å². The molecule has 1 aliphatic carbocycles. The summed E-state index contributed by atoms with van der Waals surface area (Å²) in [6, 6.07) is 16.3. The highest BCUT2D eigenvalue weighted by atomic mass is 35.5. The SMILES string of the molecule is O=C(NNC(=O)C1(c2ccccc2)CC1)c1ccccc1Cl. The molecule has 0 spiro atoms. The van der Waals surface area contributed by atoms with Crippen LogP contribution in [0.4, 0.5) is 0 Å². The average Bonchev–Trinajstić information content (AvgIpc) is 3.35. The Hall–Kier alpha value is -2.33. The van der Waals surface area contributed by atoms with Gasteiger partial charge in [-0.1, -0.05) is 54.1 Å². The molecule has 2 aromatic rings. The fraction of sp³-hybridized carbons (Fsp3) is 0.176. The van der Waals surface area contributed by atoms with Crippen molar-refractivity contribution in [1.82, 2.24) is 10.9 Å². The number of carbonyl (C=O) groups excluding carboxylic acids is 2. The van der Waals surface area contributed by atoms with Gasteiger partial charge in [-0.25, -0.2) is 0 Å². The molecule has 1 saturated carbocycles. The molecule has 0 atom stereocenters. The summed E-state index contributed by atoms with van der Waals surface area (Å²) >= 11 is 5.96. The Kier molecular flexibility index (Phi) is 3.86. The van der Waals surface area contributed by atoms with Crippen molar-refractivity contribution in [2.45, 2.75) is 18.3 Å². The minimum atomic E-state index is -0.519. The van der Waals surface area contributed by atoms with E-state index < -0.39 is 11.3 Å². The second kappa shape index (κ2) is 5.81. The van der Waals surface area contributed by atoms with E-state index in [9.17, 15) is 9.59 Å². The van der Waals surface area contributed by atoms with Crippen molar-refractivity contribution in [2.24, 2.45) is 0 Å². The maximum Gasteiger partial charge on any atom is 0.271 e. The summed E-state index contributed by atoms with van der Waals surface area (Å²) in [4.78, 5) is 24.4. The number of carbonyl (C=O) groups is 2. The molecule has 112 valence electrons. The summed E-state index contributed by atoms with van der Waals surface area (Å²) in [7, 11) is 0. The standard InChI is InChI=1S/C17H15ClN2O2/c18-14-9-5-4-8-13(14)15(21)19-20-16(22)17(10-11-17)12-6-2-1-3-7-12/h1-9H,10-11H2,(H,19,21)(H,20,22). The Balaban J connectivity index is 1.66. The maximum atomic E-state index is 12.4.